The minimum Gasteiger partial charge on any atom is -0.508 e. The minimum atomic E-state index is 0.502. The highest BCUT2D eigenvalue weighted by molar-refractivity contribution is 5.39. The molecule has 0 amide bonds. The van der Waals surface area contributed by atoms with Crippen molar-refractivity contribution in [1.29, 1.82) is 0 Å². The maximum Gasteiger partial charge on any atom is 0.119 e. The summed E-state index contributed by atoms with van der Waals surface area (Å²) in [7, 11) is 0. The minimum absolute atomic E-state index is 0.502. The Kier molecular flexibility index (Phi) is 10.9. The first kappa shape index (κ1) is 19.1. The zero-order chi connectivity index (χ0) is 16.0. The molecule has 0 heterocycles. The Morgan fingerprint density at radius 2 is 1.27 bits per heavy atom. The lowest BCUT2D eigenvalue weighted by molar-refractivity contribution is 0.464. The summed E-state index contributed by atoms with van der Waals surface area (Å²) in [5.41, 5.74) is 2.54. The number of unbranched alkanes of at least 4 members (excludes halogenated alkanes) is 9. The Hall–Kier alpha value is -0.980. The van der Waals surface area contributed by atoms with Gasteiger partial charge in [-0.2, -0.15) is 0 Å². The van der Waals surface area contributed by atoms with Crippen LogP contribution in [0.1, 0.15) is 95.6 Å². The molecule has 0 aliphatic carbocycles. The van der Waals surface area contributed by atoms with Crippen LogP contribution in [0, 0.1) is 0 Å². The second-order valence-corrected chi connectivity index (χ2v) is 6.60. The third-order valence-corrected chi connectivity index (χ3v) is 4.55. The third-order valence-electron chi connectivity index (χ3n) is 4.55. The van der Waals surface area contributed by atoms with Crippen molar-refractivity contribution in [2.45, 2.75) is 97.3 Å². The van der Waals surface area contributed by atoms with E-state index in [1.165, 1.54) is 75.3 Å². The number of benzene rings is 1. The van der Waals surface area contributed by atoms with Crippen molar-refractivity contribution in [2.75, 3.05) is 0 Å². The van der Waals surface area contributed by atoms with E-state index in [1.807, 2.05) is 12.1 Å². The second kappa shape index (κ2) is 12.6. The Balaban J connectivity index is 2.12. The molecular formula is C21H36O. The maximum absolute atomic E-state index is 10.1. The molecule has 1 nitrogen and oxygen atoms in total. The summed E-state index contributed by atoms with van der Waals surface area (Å²) in [6.07, 6.45) is 16.9. The molecule has 126 valence electrons. The van der Waals surface area contributed by atoms with E-state index in [1.54, 1.807) is 0 Å². The van der Waals surface area contributed by atoms with Crippen LogP contribution in [0.5, 0.6) is 5.75 Å². The molecule has 1 aromatic carbocycles. The van der Waals surface area contributed by atoms with Gasteiger partial charge in [0, 0.05) is 0 Å². The van der Waals surface area contributed by atoms with Gasteiger partial charge in [0.25, 0.3) is 0 Å². The van der Waals surface area contributed by atoms with Gasteiger partial charge in [-0.25, -0.2) is 0 Å². The van der Waals surface area contributed by atoms with E-state index < -0.39 is 0 Å². The third kappa shape index (κ3) is 7.87. The van der Waals surface area contributed by atoms with E-state index in [0.717, 1.165) is 19.3 Å². The summed E-state index contributed by atoms with van der Waals surface area (Å²) in [4.78, 5) is 0. The fourth-order valence-electron chi connectivity index (χ4n) is 3.20. The maximum atomic E-state index is 10.1. The summed E-state index contributed by atoms with van der Waals surface area (Å²) >= 11 is 0. The monoisotopic (exact) mass is 304 g/mol. The van der Waals surface area contributed by atoms with Crippen LogP contribution in [-0.4, -0.2) is 5.11 Å². The van der Waals surface area contributed by atoms with Gasteiger partial charge in [-0.3, -0.25) is 0 Å². The lowest BCUT2D eigenvalue weighted by Gasteiger charge is -2.11. The predicted octanol–water partition coefficient (Wildman–Crippen LogP) is 6.81. The molecule has 0 radical (unpaired) electrons. The van der Waals surface area contributed by atoms with Crippen molar-refractivity contribution in [2.24, 2.45) is 0 Å². The van der Waals surface area contributed by atoms with Crippen molar-refractivity contribution in [3.8, 4) is 5.75 Å². The number of phenols is 1. The van der Waals surface area contributed by atoms with Gasteiger partial charge in [-0.1, -0.05) is 90.2 Å². The van der Waals surface area contributed by atoms with Crippen molar-refractivity contribution in [1.82, 2.24) is 0 Å². The molecule has 0 bridgehead atoms. The standard InChI is InChI=1S/C21H36O/c1-3-5-6-7-8-9-10-11-12-13-17-20-19(15-4-2)16-14-18-21(20)22/h14,16,18,22H,3-13,15,17H2,1-2H3. The number of aryl methyl sites for hydroxylation is 1. The van der Waals surface area contributed by atoms with Crippen LogP contribution in [0.4, 0.5) is 0 Å². The molecule has 0 aromatic heterocycles. The Bertz CT molecular complexity index is 383. The van der Waals surface area contributed by atoms with Gasteiger partial charge < -0.3 is 5.11 Å². The zero-order valence-electron chi connectivity index (χ0n) is 14.9. The summed E-state index contributed by atoms with van der Waals surface area (Å²) in [5.74, 6) is 0.502. The summed E-state index contributed by atoms with van der Waals surface area (Å²) in [6.45, 7) is 4.48. The Labute approximate surface area is 138 Å². The summed E-state index contributed by atoms with van der Waals surface area (Å²) < 4.78 is 0. The molecular weight excluding hydrogens is 268 g/mol. The Morgan fingerprint density at radius 3 is 1.86 bits per heavy atom. The van der Waals surface area contributed by atoms with Crippen LogP contribution in [0.15, 0.2) is 18.2 Å². The smallest absolute Gasteiger partial charge is 0.119 e. The fourth-order valence-corrected chi connectivity index (χ4v) is 3.20. The first-order chi connectivity index (χ1) is 10.8. The van der Waals surface area contributed by atoms with E-state index in [9.17, 15) is 5.11 Å². The molecule has 0 atom stereocenters. The molecule has 22 heavy (non-hydrogen) atoms. The van der Waals surface area contributed by atoms with E-state index >= 15 is 0 Å². The average molecular weight is 305 g/mol. The SMILES string of the molecule is CCCCCCCCCCCCc1c(O)cccc1CCC. The molecule has 0 aliphatic rings. The first-order valence-electron chi connectivity index (χ1n) is 9.59. The molecule has 1 heteroatoms. The highest BCUT2D eigenvalue weighted by Gasteiger charge is 2.06. The lowest BCUT2D eigenvalue weighted by atomic mass is 9.97. The second-order valence-electron chi connectivity index (χ2n) is 6.60. The van der Waals surface area contributed by atoms with Crippen LogP contribution >= 0.6 is 0 Å². The molecule has 0 saturated heterocycles. The molecule has 1 aromatic rings. The number of rotatable bonds is 13. The van der Waals surface area contributed by atoms with Crippen molar-refractivity contribution < 1.29 is 5.11 Å². The van der Waals surface area contributed by atoms with Gasteiger partial charge in [0.1, 0.15) is 5.75 Å². The van der Waals surface area contributed by atoms with E-state index in [2.05, 4.69) is 19.9 Å². The molecule has 0 unspecified atom stereocenters. The molecule has 0 aliphatic heterocycles. The Morgan fingerprint density at radius 1 is 0.682 bits per heavy atom. The highest BCUT2D eigenvalue weighted by atomic mass is 16.3. The van der Waals surface area contributed by atoms with Crippen LogP contribution in [0.25, 0.3) is 0 Å². The van der Waals surface area contributed by atoms with Gasteiger partial charge in [-0.05, 0) is 36.5 Å². The van der Waals surface area contributed by atoms with Gasteiger partial charge >= 0.3 is 0 Å². The van der Waals surface area contributed by atoms with Crippen LogP contribution < -0.4 is 0 Å². The predicted molar refractivity (Wildman–Crippen MR) is 97.6 cm³/mol. The topological polar surface area (TPSA) is 20.2 Å². The first-order valence-corrected chi connectivity index (χ1v) is 9.59. The van der Waals surface area contributed by atoms with Crippen LogP contribution in [0.2, 0.25) is 0 Å². The summed E-state index contributed by atoms with van der Waals surface area (Å²) in [5, 5.41) is 10.1. The van der Waals surface area contributed by atoms with Crippen molar-refractivity contribution in [3.63, 3.8) is 0 Å². The van der Waals surface area contributed by atoms with Crippen molar-refractivity contribution >= 4 is 0 Å². The number of hydrogen-bond acceptors (Lipinski definition) is 1. The summed E-state index contributed by atoms with van der Waals surface area (Å²) in [6, 6.07) is 5.99. The van der Waals surface area contributed by atoms with Crippen molar-refractivity contribution in [3.05, 3.63) is 29.3 Å². The number of phenolic OH excluding ortho intramolecular Hbond substituents is 1. The van der Waals surface area contributed by atoms with E-state index in [-0.39, 0.29) is 0 Å². The quantitative estimate of drug-likeness (QED) is 0.397. The van der Waals surface area contributed by atoms with Gasteiger partial charge in [0.2, 0.25) is 0 Å². The lowest BCUT2D eigenvalue weighted by Crippen LogP contribution is -1.95. The normalized spacial score (nSPS) is 11.0. The highest BCUT2D eigenvalue weighted by Crippen LogP contribution is 2.24. The molecule has 0 fully saturated rings. The zero-order valence-corrected chi connectivity index (χ0v) is 14.9. The van der Waals surface area contributed by atoms with Gasteiger partial charge in [0.15, 0.2) is 0 Å². The number of aromatic hydroxyl groups is 1. The molecule has 0 saturated carbocycles. The van der Waals surface area contributed by atoms with Crippen LogP contribution in [-0.2, 0) is 12.8 Å². The fraction of sp³-hybridized carbons (Fsp3) is 0.714. The molecule has 1 rings (SSSR count). The van der Waals surface area contributed by atoms with E-state index in [0.29, 0.717) is 5.75 Å². The van der Waals surface area contributed by atoms with E-state index in [4.69, 9.17) is 0 Å². The van der Waals surface area contributed by atoms with Gasteiger partial charge in [0.05, 0.1) is 0 Å². The molecule has 0 spiro atoms. The molecule has 1 N–H and O–H groups in total. The average Bonchev–Trinajstić information content (AvgIpc) is 2.51. The van der Waals surface area contributed by atoms with Gasteiger partial charge in [-0.15, -0.1) is 0 Å². The number of hydrogen-bond donors (Lipinski definition) is 1. The van der Waals surface area contributed by atoms with Crippen LogP contribution in [0.3, 0.4) is 0 Å². The largest absolute Gasteiger partial charge is 0.508 e.